The first-order valence-corrected chi connectivity index (χ1v) is 13.3. The number of fused-ring (bicyclic) bond motifs is 2. The van der Waals surface area contributed by atoms with Gasteiger partial charge in [0.2, 0.25) is 18.7 Å². The van der Waals surface area contributed by atoms with Crippen LogP contribution >= 0.6 is 7.75 Å². The van der Waals surface area contributed by atoms with E-state index in [0.717, 1.165) is 6.92 Å². The van der Waals surface area contributed by atoms with Gasteiger partial charge in [-0.05, 0) is 27.7 Å². The molecule has 0 aliphatic carbocycles. The minimum atomic E-state index is -4.24. The Hall–Kier alpha value is -2.85. The fraction of sp³-hybridized carbons (Fsp3) is 0.750. The van der Waals surface area contributed by atoms with Gasteiger partial charge >= 0.3 is 19.9 Å². The lowest BCUT2D eigenvalue weighted by molar-refractivity contribution is -0.146. The van der Waals surface area contributed by atoms with Gasteiger partial charge in [0.05, 0.1) is 25.7 Å². The second kappa shape index (κ2) is 11.1. The molecule has 0 bridgehead atoms. The minimum absolute atomic E-state index is 0.0916. The molecule has 0 spiro atoms. The van der Waals surface area contributed by atoms with E-state index in [1.54, 1.807) is 20.8 Å². The summed E-state index contributed by atoms with van der Waals surface area (Å²) in [6.45, 7) is 4.56. The van der Waals surface area contributed by atoms with Crippen molar-refractivity contribution in [1.29, 1.82) is 0 Å². The summed E-state index contributed by atoms with van der Waals surface area (Å²) < 4.78 is 66.2. The molecule has 18 heteroatoms. The molecule has 0 saturated carbocycles. The van der Waals surface area contributed by atoms with E-state index in [9.17, 15) is 14.2 Å². The number of guanidine groups is 1. The number of aliphatic imine (C=N–C) groups is 3. The molecule has 0 amide bonds. The maximum absolute atomic E-state index is 16.3. The van der Waals surface area contributed by atoms with E-state index in [1.165, 1.54) is 11.2 Å². The van der Waals surface area contributed by atoms with Gasteiger partial charge in [0.1, 0.15) is 12.6 Å². The summed E-state index contributed by atoms with van der Waals surface area (Å²) in [4.78, 5) is 38.1. The van der Waals surface area contributed by atoms with Crippen molar-refractivity contribution in [3.05, 3.63) is 0 Å². The van der Waals surface area contributed by atoms with Crippen molar-refractivity contribution in [3.63, 3.8) is 0 Å². The molecule has 0 radical (unpaired) electrons. The summed E-state index contributed by atoms with van der Waals surface area (Å²) in [6, 6.07) is -0.702. The number of cyclic esters (lactones) is 1. The lowest BCUT2D eigenvalue weighted by Crippen LogP contribution is -2.55. The number of hydrogen-bond donors (Lipinski definition) is 2. The van der Waals surface area contributed by atoms with Gasteiger partial charge in [0, 0.05) is 0 Å². The van der Waals surface area contributed by atoms with Gasteiger partial charge in [-0.25, -0.2) is 23.8 Å². The maximum atomic E-state index is 16.3. The third-order valence-corrected chi connectivity index (χ3v) is 7.23. The van der Waals surface area contributed by atoms with Crippen LogP contribution in [0.3, 0.4) is 0 Å². The van der Waals surface area contributed by atoms with E-state index in [2.05, 4.69) is 20.1 Å². The average molecular weight is 564 g/mol. The van der Waals surface area contributed by atoms with Crippen LogP contribution in [0.1, 0.15) is 27.7 Å². The molecule has 4 aliphatic rings. The summed E-state index contributed by atoms with van der Waals surface area (Å²) in [5, 5.41) is 2.32. The summed E-state index contributed by atoms with van der Waals surface area (Å²) >= 11 is 0. The molecule has 0 aromatic heterocycles. The number of ether oxygens (including phenoxy) is 5. The molecule has 4 unspecified atom stereocenters. The Balaban J connectivity index is 1.52. The van der Waals surface area contributed by atoms with E-state index >= 15 is 4.39 Å². The Morgan fingerprint density at radius 2 is 2.18 bits per heavy atom. The normalized spacial score (nSPS) is 36.9. The summed E-state index contributed by atoms with van der Waals surface area (Å²) in [7, 11) is -4.24. The standard InChI is InChI=1S/C20H30FN6O10P/c1-5-31-16-13-15(25-18(22)26-16)27(8-23-13)17-20(4,21)14-11(36-17)7-33-38(30,34-9-32-19(29)37-14)24-6-12(28)35-10(2)3/h8,10-11,13-15,17H,5-7,9H2,1-4H3,(H2,22,25)(H,24,30)/t11-,13?,14?,15?,17-,20+,38?/m1/s1. The molecular formula is C20H30FN6O10P. The molecule has 4 aliphatic heterocycles. The van der Waals surface area contributed by atoms with Gasteiger partial charge in [-0.2, -0.15) is 4.99 Å². The molecule has 3 N–H and O–H groups in total. The maximum Gasteiger partial charge on any atom is 0.510 e. The quantitative estimate of drug-likeness (QED) is 0.333. The van der Waals surface area contributed by atoms with E-state index in [4.69, 9.17) is 38.5 Å². The van der Waals surface area contributed by atoms with Crippen LogP contribution in [0.5, 0.6) is 0 Å². The van der Waals surface area contributed by atoms with Gasteiger partial charge in [-0.3, -0.25) is 18.8 Å². The number of nitrogens with one attached hydrogen (secondary N) is 1. The largest absolute Gasteiger partial charge is 0.510 e. The van der Waals surface area contributed by atoms with Crippen LogP contribution in [-0.2, 0) is 42.1 Å². The van der Waals surface area contributed by atoms with E-state index in [-0.39, 0.29) is 11.9 Å². The Morgan fingerprint density at radius 3 is 2.89 bits per heavy atom. The van der Waals surface area contributed by atoms with Crippen molar-refractivity contribution in [2.75, 3.05) is 26.6 Å². The van der Waals surface area contributed by atoms with Crippen molar-refractivity contribution in [3.8, 4) is 0 Å². The van der Waals surface area contributed by atoms with Crippen molar-refractivity contribution >= 4 is 38.1 Å². The molecule has 4 heterocycles. The number of alkyl halides is 1. The second-order valence-corrected chi connectivity index (χ2v) is 10.8. The summed E-state index contributed by atoms with van der Waals surface area (Å²) in [5.74, 6) is -0.605. The molecule has 16 nitrogen and oxygen atoms in total. The molecule has 4 rings (SSSR count). The van der Waals surface area contributed by atoms with E-state index in [1.807, 2.05) is 0 Å². The monoisotopic (exact) mass is 564 g/mol. The van der Waals surface area contributed by atoms with Gasteiger partial charge in [-0.15, -0.1) is 0 Å². The number of carbonyl (C=O) groups excluding carboxylic acids is 2. The van der Waals surface area contributed by atoms with Crippen LogP contribution in [0.25, 0.3) is 0 Å². The van der Waals surface area contributed by atoms with Crippen molar-refractivity contribution in [2.45, 2.75) is 70.1 Å². The van der Waals surface area contributed by atoms with Crippen molar-refractivity contribution < 1.29 is 51.3 Å². The van der Waals surface area contributed by atoms with Crippen LogP contribution in [-0.4, -0.2) is 104 Å². The molecule has 0 aromatic carbocycles. The first-order chi connectivity index (χ1) is 17.9. The first-order valence-electron chi connectivity index (χ1n) is 11.8. The summed E-state index contributed by atoms with van der Waals surface area (Å²) in [6.07, 6.45) is -5.47. The fourth-order valence-corrected chi connectivity index (χ4v) is 5.31. The van der Waals surface area contributed by atoms with Crippen LogP contribution in [0.15, 0.2) is 15.0 Å². The summed E-state index contributed by atoms with van der Waals surface area (Å²) in [5.41, 5.74) is 3.47. The minimum Gasteiger partial charge on any atom is -0.479 e. The predicted octanol–water partition coefficient (Wildman–Crippen LogP) is 0.417. The Kier molecular flexibility index (Phi) is 8.23. The zero-order valence-electron chi connectivity index (χ0n) is 21.1. The number of rotatable bonds is 6. The molecule has 2 saturated heterocycles. The first kappa shape index (κ1) is 28.2. The number of nitrogens with two attached hydrogens (primary N) is 1. The third kappa shape index (κ3) is 5.91. The lowest BCUT2D eigenvalue weighted by atomic mass is 9.97. The Bertz CT molecular complexity index is 1070. The van der Waals surface area contributed by atoms with Gasteiger partial charge in [-0.1, -0.05) is 0 Å². The number of esters is 1. The highest BCUT2D eigenvalue weighted by atomic mass is 31.2. The van der Waals surface area contributed by atoms with E-state index in [0.29, 0.717) is 6.61 Å². The van der Waals surface area contributed by atoms with Crippen molar-refractivity contribution in [1.82, 2.24) is 9.99 Å². The zero-order chi connectivity index (χ0) is 27.7. The molecule has 38 heavy (non-hydrogen) atoms. The van der Waals surface area contributed by atoms with Crippen LogP contribution in [0, 0.1) is 0 Å². The molecule has 212 valence electrons. The smallest absolute Gasteiger partial charge is 0.479 e. The predicted molar refractivity (Wildman–Crippen MR) is 127 cm³/mol. The van der Waals surface area contributed by atoms with Crippen LogP contribution in [0.2, 0.25) is 0 Å². The molecule has 7 atom stereocenters. The number of nitrogens with zero attached hydrogens (tertiary/aromatic N) is 4. The highest BCUT2D eigenvalue weighted by Crippen LogP contribution is 2.47. The number of halogens is 1. The Morgan fingerprint density at radius 1 is 1.42 bits per heavy atom. The van der Waals surface area contributed by atoms with Crippen LogP contribution < -0.4 is 10.8 Å². The van der Waals surface area contributed by atoms with Gasteiger partial charge in [0.25, 0.3) is 0 Å². The molecule has 2 fully saturated rings. The lowest BCUT2D eigenvalue weighted by Gasteiger charge is -2.35. The topological polar surface area (TPSA) is 194 Å². The second-order valence-electron chi connectivity index (χ2n) is 8.97. The third-order valence-electron chi connectivity index (χ3n) is 5.75. The fourth-order valence-electron chi connectivity index (χ4n) is 4.20. The average Bonchev–Trinajstić information content (AvgIpc) is 3.34. The Labute approximate surface area is 217 Å². The van der Waals surface area contributed by atoms with Crippen molar-refractivity contribution in [2.24, 2.45) is 20.7 Å². The number of hydrogen-bond acceptors (Lipinski definition) is 15. The van der Waals surface area contributed by atoms with Gasteiger partial charge in [0.15, 0.2) is 30.2 Å². The molecule has 0 aromatic rings. The van der Waals surface area contributed by atoms with Crippen LogP contribution in [0.4, 0.5) is 9.18 Å². The van der Waals surface area contributed by atoms with Gasteiger partial charge < -0.3 is 34.3 Å². The SMILES string of the molecule is CCOC1=NC(N)=NC2C1N=CN2[C@@H]1O[C@@H]2COP(=O)(NCC(=O)OC(C)C)OCOC(=O)OC2[C@]1(C)F. The molecular weight excluding hydrogens is 534 g/mol. The zero-order valence-corrected chi connectivity index (χ0v) is 22.0. The highest BCUT2D eigenvalue weighted by molar-refractivity contribution is 7.51. The van der Waals surface area contributed by atoms with E-state index < -0.39 is 82.2 Å². The highest BCUT2D eigenvalue weighted by Gasteiger charge is 2.62. The number of carbonyl (C=O) groups is 2.